The van der Waals surface area contributed by atoms with E-state index in [0.717, 1.165) is 12.8 Å². The van der Waals surface area contributed by atoms with E-state index in [0.29, 0.717) is 44.3 Å². The molecular formula is C18H26N2O5S. The SMILES string of the molecule is COc1ccc(NC(=O)CC2CCCC2)cc1S(=O)(=O)N1CCOCC1. The Morgan fingerprint density at radius 3 is 2.62 bits per heavy atom. The molecule has 1 aliphatic heterocycles. The van der Waals surface area contributed by atoms with Crippen molar-refractivity contribution in [1.29, 1.82) is 0 Å². The molecule has 1 aliphatic carbocycles. The van der Waals surface area contributed by atoms with Crippen molar-refractivity contribution >= 4 is 21.6 Å². The van der Waals surface area contributed by atoms with Crippen LogP contribution in [0.4, 0.5) is 5.69 Å². The summed E-state index contributed by atoms with van der Waals surface area (Å²) >= 11 is 0. The number of nitrogens with one attached hydrogen (secondary N) is 1. The second-order valence-electron chi connectivity index (χ2n) is 6.78. The summed E-state index contributed by atoms with van der Waals surface area (Å²) in [6, 6.07) is 4.73. The highest BCUT2D eigenvalue weighted by atomic mass is 32.2. The third kappa shape index (κ3) is 4.36. The zero-order valence-electron chi connectivity index (χ0n) is 15.1. The van der Waals surface area contributed by atoms with E-state index < -0.39 is 10.0 Å². The summed E-state index contributed by atoms with van der Waals surface area (Å²) in [6.45, 7) is 1.37. The maximum absolute atomic E-state index is 13.0. The van der Waals surface area contributed by atoms with E-state index in [4.69, 9.17) is 9.47 Å². The Labute approximate surface area is 154 Å². The molecule has 1 aromatic rings. The maximum Gasteiger partial charge on any atom is 0.246 e. The number of ether oxygens (including phenoxy) is 2. The molecular weight excluding hydrogens is 356 g/mol. The average Bonchev–Trinajstić information content (AvgIpc) is 3.15. The largest absolute Gasteiger partial charge is 0.495 e. The standard InChI is InChI=1S/C18H26N2O5S/c1-24-16-7-6-15(19-18(21)12-14-4-2-3-5-14)13-17(16)26(22,23)20-8-10-25-11-9-20/h6-7,13-14H,2-5,8-12H2,1H3,(H,19,21). The Bertz CT molecular complexity index is 738. The van der Waals surface area contributed by atoms with E-state index in [-0.39, 0.29) is 16.6 Å². The van der Waals surface area contributed by atoms with Crippen LogP contribution in [0.3, 0.4) is 0 Å². The van der Waals surface area contributed by atoms with Gasteiger partial charge in [0.25, 0.3) is 0 Å². The van der Waals surface area contributed by atoms with Gasteiger partial charge < -0.3 is 14.8 Å². The molecule has 0 bridgehead atoms. The first-order chi connectivity index (χ1) is 12.5. The van der Waals surface area contributed by atoms with Gasteiger partial charge in [-0.15, -0.1) is 0 Å². The molecule has 0 spiro atoms. The molecule has 2 aliphatic rings. The number of anilines is 1. The van der Waals surface area contributed by atoms with Gasteiger partial charge in [0.2, 0.25) is 15.9 Å². The van der Waals surface area contributed by atoms with E-state index in [1.165, 1.54) is 30.3 Å². The van der Waals surface area contributed by atoms with Crippen LogP contribution in [0.1, 0.15) is 32.1 Å². The van der Waals surface area contributed by atoms with Crippen molar-refractivity contribution in [2.24, 2.45) is 5.92 Å². The number of carbonyl (C=O) groups is 1. The third-order valence-corrected chi connectivity index (χ3v) is 6.90. The predicted octanol–water partition coefficient (Wildman–Crippen LogP) is 2.23. The highest BCUT2D eigenvalue weighted by Gasteiger charge is 2.29. The minimum Gasteiger partial charge on any atom is -0.495 e. The lowest BCUT2D eigenvalue weighted by atomic mass is 10.0. The molecule has 0 unspecified atom stereocenters. The van der Waals surface area contributed by atoms with Gasteiger partial charge in [-0.05, 0) is 37.0 Å². The van der Waals surface area contributed by atoms with Crippen molar-refractivity contribution in [3.63, 3.8) is 0 Å². The lowest BCUT2D eigenvalue weighted by molar-refractivity contribution is -0.117. The van der Waals surface area contributed by atoms with Gasteiger partial charge in [-0.25, -0.2) is 8.42 Å². The van der Waals surface area contributed by atoms with Crippen LogP contribution < -0.4 is 10.1 Å². The molecule has 7 nitrogen and oxygen atoms in total. The van der Waals surface area contributed by atoms with Crippen LogP contribution in [0.2, 0.25) is 0 Å². The summed E-state index contributed by atoms with van der Waals surface area (Å²) in [6.07, 6.45) is 5.03. The van der Waals surface area contributed by atoms with E-state index in [2.05, 4.69) is 5.32 Å². The molecule has 1 saturated heterocycles. The number of rotatable bonds is 6. The van der Waals surface area contributed by atoms with Crippen molar-refractivity contribution in [2.75, 3.05) is 38.7 Å². The molecule has 1 saturated carbocycles. The van der Waals surface area contributed by atoms with Gasteiger partial charge in [0, 0.05) is 25.2 Å². The monoisotopic (exact) mass is 382 g/mol. The van der Waals surface area contributed by atoms with Gasteiger partial charge in [-0.3, -0.25) is 4.79 Å². The van der Waals surface area contributed by atoms with Gasteiger partial charge >= 0.3 is 0 Å². The number of benzene rings is 1. The molecule has 1 amide bonds. The van der Waals surface area contributed by atoms with E-state index in [1.54, 1.807) is 12.1 Å². The van der Waals surface area contributed by atoms with E-state index in [9.17, 15) is 13.2 Å². The average molecular weight is 382 g/mol. The Morgan fingerprint density at radius 2 is 1.96 bits per heavy atom. The van der Waals surface area contributed by atoms with Crippen LogP contribution in [0.25, 0.3) is 0 Å². The minimum absolute atomic E-state index is 0.0700. The van der Waals surface area contributed by atoms with E-state index >= 15 is 0 Å². The van der Waals surface area contributed by atoms with Crippen LogP contribution in [-0.4, -0.2) is 52.0 Å². The zero-order valence-corrected chi connectivity index (χ0v) is 15.9. The summed E-state index contributed by atoms with van der Waals surface area (Å²) in [5.74, 6) is 0.631. The highest BCUT2D eigenvalue weighted by Crippen LogP contribution is 2.31. The Morgan fingerprint density at radius 1 is 1.27 bits per heavy atom. The first-order valence-corrected chi connectivity index (χ1v) is 10.5. The zero-order chi connectivity index (χ0) is 18.6. The molecule has 0 atom stereocenters. The number of nitrogens with zero attached hydrogens (tertiary/aromatic N) is 1. The molecule has 144 valence electrons. The molecule has 1 aromatic carbocycles. The number of methoxy groups -OCH3 is 1. The van der Waals surface area contributed by atoms with Crippen LogP contribution in [0.15, 0.2) is 23.1 Å². The van der Waals surface area contributed by atoms with Crippen molar-refractivity contribution < 1.29 is 22.7 Å². The van der Waals surface area contributed by atoms with Crippen LogP contribution in [-0.2, 0) is 19.6 Å². The quantitative estimate of drug-likeness (QED) is 0.816. The van der Waals surface area contributed by atoms with Gasteiger partial charge in [0.1, 0.15) is 10.6 Å². The van der Waals surface area contributed by atoms with Gasteiger partial charge in [-0.1, -0.05) is 12.8 Å². The number of amides is 1. The van der Waals surface area contributed by atoms with Crippen molar-refractivity contribution in [2.45, 2.75) is 37.0 Å². The number of hydrogen-bond acceptors (Lipinski definition) is 5. The van der Waals surface area contributed by atoms with E-state index in [1.807, 2.05) is 0 Å². The number of carbonyl (C=O) groups excluding carboxylic acids is 1. The lowest BCUT2D eigenvalue weighted by Gasteiger charge is -2.26. The fourth-order valence-corrected chi connectivity index (χ4v) is 5.16. The predicted molar refractivity (Wildman–Crippen MR) is 97.8 cm³/mol. The Balaban J connectivity index is 1.78. The minimum atomic E-state index is -3.71. The van der Waals surface area contributed by atoms with Crippen molar-refractivity contribution in [1.82, 2.24) is 4.31 Å². The first kappa shape index (κ1) is 19.1. The van der Waals surface area contributed by atoms with Crippen LogP contribution >= 0.6 is 0 Å². The maximum atomic E-state index is 13.0. The molecule has 1 N–H and O–H groups in total. The van der Waals surface area contributed by atoms with Crippen molar-refractivity contribution in [3.05, 3.63) is 18.2 Å². The number of morpholine rings is 1. The van der Waals surface area contributed by atoms with Gasteiger partial charge in [-0.2, -0.15) is 4.31 Å². The second kappa shape index (κ2) is 8.37. The van der Waals surface area contributed by atoms with Crippen LogP contribution in [0, 0.1) is 5.92 Å². The molecule has 2 fully saturated rings. The van der Waals surface area contributed by atoms with Gasteiger partial charge in [0.05, 0.1) is 20.3 Å². The summed E-state index contributed by atoms with van der Waals surface area (Å²) in [4.78, 5) is 12.3. The topological polar surface area (TPSA) is 84.9 Å². The smallest absolute Gasteiger partial charge is 0.246 e. The lowest BCUT2D eigenvalue weighted by Crippen LogP contribution is -2.40. The fraction of sp³-hybridized carbons (Fsp3) is 0.611. The Kier molecular flexibility index (Phi) is 6.16. The summed E-state index contributed by atoms with van der Waals surface area (Å²) in [5, 5.41) is 2.83. The molecule has 3 rings (SSSR count). The first-order valence-electron chi connectivity index (χ1n) is 9.06. The van der Waals surface area contributed by atoms with Crippen LogP contribution in [0.5, 0.6) is 5.75 Å². The number of sulfonamides is 1. The summed E-state index contributed by atoms with van der Waals surface area (Å²) < 4.78 is 37.8. The summed E-state index contributed by atoms with van der Waals surface area (Å²) in [5.41, 5.74) is 0.473. The number of hydrogen-bond donors (Lipinski definition) is 1. The molecule has 8 heteroatoms. The van der Waals surface area contributed by atoms with Crippen molar-refractivity contribution in [3.8, 4) is 5.75 Å². The normalized spacial score (nSPS) is 19.4. The Hall–Kier alpha value is -1.64. The highest BCUT2D eigenvalue weighted by molar-refractivity contribution is 7.89. The molecule has 1 heterocycles. The second-order valence-corrected chi connectivity index (χ2v) is 8.69. The third-order valence-electron chi connectivity index (χ3n) is 4.98. The molecule has 0 aromatic heterocycles. The van der Waals surface area contributed by atoms with Gasteiger partial charge in [0.15, 0.2) is 0 Å². The molecule has 0 radical (unpaired) electrons. The molecule has 26 heavy (non-hydrogen) atoms. The fourth-order valence-electron chi connectivity index (χ4n) is 3.57. The summed E-state index contributed by atoms with van der Waals surface area (Å²) in [7, 11) is -2.27.